The van der Waals surface area contributed by atoms with Crippen LogP contribution in [0.1, 0.15) is 36.5 Å². The fourth-order valence-electron chi connectivity index (χ4n) is 1.65. The summed E-state index contributed by atoms with van der Waals surface area (Å²) in [6, 6.07) is 1.59. The van der Waals surface area contributed by atoms with Crippen LogP contribution < -0.4 is 5.32 Å². The molecule has 0 unspecified atom stereocenters. The molecule has 1 aromatic heterocycles. The van der Waals surface area contributed by atoms with Gasteiger partial charge in [-0.3, -0.25) is 4.79 Å². The van der Waals surface area contributed by atoms with Gasteiger partial charge in [-0.2, -0.15) is 0 Å². The van der Waals surface area contributed by atoms with E-state index in [0.717, 1.165) is 13.0 Å². The largest absolute Gasteiger partial charge is 0.452 e. The van der Waals surface area contributed by atoms with E-state index in [1.54, 1.807) is 6.07 Å². The lowest BCUT2D eigenvalue weighted by Crippen LogP contribution is -2.29. The highest BCUT2D eigenvalue weighted by Gasteiger charge is 2.40. The van der Waals surface area contributed by atoms with Crippen LogP contribution in [0.2, 0.25) is 5.22 Å². The quantitative estimate of drug-likeness (QED) is 0.860. The summed E-state index contributed by atoms with van der Waals surface area (Å²) in [5, 5.41) is 3.06. The van der Waals surface area contributed by atoms with E-state index >= 15 is 0 Å². The Morgan fingerprint density at radius 2 is 2.40 bits per heavy atom. The molecule has 0 spiro atoms. The minimum absolute atomic E-state index is 0.145. The van der Waals surface area contributed by atoms with Crippen LogP contribution in [0.15, 0.2) is 16.7 Å². The molecule has 1 aliphatic rings. The lowest BCUT2D eigenvalue weighted by molar-refractivity contribution is 0.0944. The molecule has 0 saturated heterocycles. The maximum atomic E-state index is 11.7. The SMILES string of the molecule is CCC1(CNC(=O)c2ccoc2Cl)CC1. The van der Waals surface area contributed by atoms with Gasteiger partial charge in [0.1, 0.15) is 0 Å². The first kappa shape index (κ1) is 10.6. The van der Waals surface area contributed by atoms with Gasteiger partial charge < -0.3 is 9.73 Å². The van der Waals surface area contributed by atoms with Crippen molar-refractivity contribution in [3.05, 3.63) is 23.1 Å². The summed E-state index contributed by atoms with van der Waals surface area (Å²) >= 11 is 5.71. The Hall–Kier alpha value is -0.960. The second kappa shape index (κ2) is 3.89. The van der Waals surface area contributed by atoms with Crippen molar-refractivity contribution in [3.63, 3.8) is 0 Å². The van der Waals surface area contributed by atoms with E-state index in [1.165, 1.54) is 19.1 Å². The highest BCUT2D eigenvalue weighted by Crippen LogP contribution is 2.47. The van der Waals surface area contributed by atoms with Gasteiger partial charge in [-0.05, 0) is 42.3 Å². The van der Waals surface area contributed by atoms with Crippen molar-refractivity contribution in [2.45, 2.75) is 26.2 Å². The van der Waals surface area contributed by atoms with Crippen LogP contribution in [-0.4, -0.2) is 12.5 Å². The molecule has 0 radical (unpaired) electrons. The summed E-state index contributed by atoms with van der Waals surface area (Å²) in [6.07, 6.45) is 4.96. The van der Waals surface area contributed by atoms with E-state index in [1.807, 2.05) is 0 Å². The Balaban J connectivity index is 1.91. The van der Waals surface area contributed by atoms with Gasteiger partial charge in [0.2, 0.25) is 5.22 Å². The summed E-state index contributed by atoms with van der Waals surface area (Å²) in [7, 11) is 0. The van der Waals surface area contributed by atoms with Crippen LogP contribution in [0.5, 0.6) is 0 Å². The van der Waals surface area contributed by atoms with E-state index in [0.29, 0.717) is 11.0 Å². The Kier molecular flexibility index (Phi) is 2.74. The minimum Gasteiger partial charge on any atom is -0.452 e. The maximum Gasteiger partial charge on any atom is 0.256 e. The first-order valence-corrected chi connectivity index (χ1v) is 5.56. The van der Waals surface area contributed by atoms with Gasteiger partial charge >= 0.3 is 0 Å². The summed E-state index contributed by atoms with van der Waals surface area (Å²) in [5.41, 5.74) is 0.773. The van der Waals surface area contributed by atoms with E-state index in [2.05, 4.69) is 12.2 Å². The molecule has 15 heavy (non-hydrogen) atoms. The molecule has 4 heteroatoms. The van der Waals surface area contributed by atoms with E-state index in [4.69, 9.17) is 16.0 Å². The van der Waals surface area contributed by atoms with Gasteiger partial charge in [0.15, 0.2) is 0 Å². The highest BCUT2D eigenvalue weighted by molar-refractivity contribution is 6.32. The third kappa shape index (κ3) is 2.17. The molecule has 1 N–H and O–H groups in total. The Morgan fingerprint density at radius 1 is 1.67 bits per heavy atom. The third-order valence-electron chi connectivity index (χ3n) is 3.19. The molecule has 0 aromatic carbocycles. The molecule has 1 fully saturated rings. The van der Waals surface area contributed by atoms with Crippen molar-refractivity contribution in [2.75, 3.05) is 6.54 Å². The third-order valence-corrected chi connectivity index (χ3v) is 3.49. The number of amides is 1. The van der Waals surface area contributed by atoms with Crippen molar-refractivity contribution >= 4 is 17.5 Å². The lowest BCUT2D eigenvalue weighted by Gasteiger charge is -2.12. The van der Waals surface area contributed by atoms with E-state index in [9.17, 15) is 4.79 Å². The average molecular weight is 228 g/mol. The molecular weight excluding hydrogens is 214 g/mol. The molecular formula is C11H14ClNO2. The smallest absolute Gasteiger partial charge is 0.256 e. The van der Waals surface area contributed by atoms with Crippen molar-refractivity contribution in [2.24, 2.45) is 5.41 Å². The van der Waals surface area contributed by atoms with Gasteiger partial charge in [-0.1, -0.05) is 6.92 Å². The normalized spacial score (nSPS) is 17.5. The molecule has 1 aliphatic carbocycles. The number of carbonyl (C=O) groups is 1. The molecule has 82 valence electrons. The number of hydrogen-bond donors (Lipinski definition) is 1. The predicted molar refractivity (Wildman–Crippen MR) is 58.0 cm³/mol. The van der Waals surface area contributed by atoms with Crippen LogP contribution in [0.3, 0.4) is 0 Å². The number of hydrogen-bond acceptors (Lipinski definition) is 2. The molecule has 1 aromatic rings. The van der Waals surface area contributed by atoms with Crippen molar-refractivity contribution in [3.8, 4) is 0 Å². The molecule has 0 bridgehead atoms. The Morgan fingerprint density at radius 3 is 2.87 bits per heavy atom. The lowest BCUT2D eigenvalue weighted by atomic mass is 10.0. The van der Waals surface area contributed by atoms with Gasteiger partial charge in [0, 0.05) is 6.54 Å². The Labute approximate surface area is 93.8 Å². The number of halogens is 1. The minimum atomic E-state index is -0.145. The first-order chi connectivity index (χ1) is 7.17. The maximum absolute atomic E-state index is 11.7. The summed E-state index contributed by atoms with van der Waals surface area (Å²) in [5.74, 6) is -0.145. The first-order valence-electron chi connectivity index (χ1n) is 5.18. The van der Waals surface area contributed by atoms with Crippen molar-refractivity contribution in [1.29, 1.82) is 0 Å². The molecule has 1 heterocycles. The molecule has 0 atom stereocenters. The highest BCUT2D eigenvalue weighted by atomic mass is 35.5. The van der Waals surface area contributed by atoms with Gasteiger partial charge in [0.05, 0.1) is 11.8 Å². The van der Waals surface area contributed by atoms with Crippen molar-refractivity contribution in [1.82, 2.24) is 5.32 Å². The van der Waals surface area contributed by atoms with Crippen molar-refractivity contribution < 1.29 is 9.21 Å². The average Bonchev–Trinajstić information content (AvgIpc) is 2.91. The van der Waals surface area contributed by atoms with E-state index in [-0.39, 0.29) is 11.1 Å². The zero-order valence-electron chi connectivity index (χ0n) is 8.68. The van der Waals surface area contributed by atoms with E-state index < -0.39 is 0 Å². The number of nitrogens with one attached hydrogen (secondary N) is 1. The second-order valence-corrected chi connectivity index (χ2v) is 4.49. The molecule has 2 rings (SSSR count). The zero-order valence-corrected chi connectivity index (χ0v) is 9.43. The number of rotatable bonds is 4. The standard InChI is InChI=1S/C11H14ClNO2/c1-2-11(4-5-11)7-13-10(14)8-3-6-15-9(8)12/h3,6H,2,4-5,7H2,1H3,(H,13,14). The topological polar surface area (TPSA) is 42.2 Å². The summed E-state index contributed by atoms with van der Waals surface area (Å²) < 4.78 is 4.86. The van der Waals surface area contributed by atoms with Gasteiger partial charge in [-0.25, -0.2) is 0 Å². The van der Waals surface area contributed by atoms with Crippen LogP contribution in [0, 0.1) is 5.41 Å². The van der Waals surface area contributed by atoms with Gasteiger partial charge in [0.25, 0.3) is 5.91 Å². The molecule has 1 saturated carbocycles. The summed E-state index contributed by atoms with van der Waals surface area (Å²) in [6.45, 7) is 2.90. The molecule has 1 amide bonds. The number of carbonyl (C=O) groups excluding carboxylic acids is 1. The van der Waals surface area contributed by atoms with Crippen LogP contribution in [-0.2, 0) is 0 Å². The van der Waals surface area contributed by atoms with Crippen LogP contribution >= 0.6 is 11.6 Å². The second-order valence-electron chi connectivity index (χ2n) is 4.14. The Bertz CT molecular complexity index is 368. The molecule has 3 nitrogen and oxygen atoms in total. The predicted octanol–water partition coefficient (Wildman–Crippen LogP) is 2.85. The summed E-state index contributed by atoms with van der Waals surface area (Å²) in [4.78, 5) is 11.7. The van der Waals surface area contributed by atoms with Gasteiger partial charge in [-0.15, -0.1) is 0 Å². The van der Waals surface area contributed by atoms with Crippen LogP contribution in [0.25, 0.3) is 0 Å². The fraction of sp³-hybridized carbons (Fsp3) is 0.545. The monoisotopic (exact) mass is 227 g/mol. The fourth-order valence-corrected chi connectivity index (χ4v) is 1.85. The van der Waals surface area contributed by atoms with Crippen LogP contribution in [0.4, 0.5) is 0 Å². The zero-order chi connectivity index (χ0) is 10.9. The molecule has 0 aliphatic heterocycles. The number of furan rings is 1.